The number of carbonyl (C=O) groups excluding carboxylic acids is 1. The van der Waals surface area contributed by atoms with Gasteiger partial charge in [0.2, 0.25) is 15.9 Å². The second-order valence-corrected chi connectivity index (χ2v) is 8.42. The maximum absolute atomic E-state index is 12.3. The van der Waals surface area contributed by atoms with E-state index in [0.29, 0.717) is 5.69 Å². The molecule has 0 aliphatic heterocycles. The zero-order valence-electron chi connectivity index (χ0n) is 15.3. The van der Waals surface area contributed by atoms with E-state index in [1.165, 1.54) is 12.1 Å². The van der Waals surface area contributed by atoms with Crippen LogP contribution in [0.25, 0.3) is 10.8 Å². The molecule has 3 rings (SSSR count). The van der Waals surface area contributed by atoms with E-state index < -0.39 is 10.0 Å². The molecule has 0 aromatic heterocycles. The van der Waals surface area contributed by atoms with Gasteiger partial charge in [-0.05, 0) is 54.4 Å². The average Bonchev–Trinajstić information content (AvgIpc) is 2.61. The zero-order chi connectivity index (χ0) is 19.4. The lowest BCUT2D eigenvalue weighted by Gasteiger charge is -2.10. The molecule has 0 spiro atoms. The minimum atomic E-state index is -3.54. The van der Waals surface area contributed by atoms with Crippen LogP contribution < -0.4 is 10.0 Å². The fourth-order valence-corrected chi connectivity index (χ4v) is 4.09. The van der Waals surface area contributed by atoms with Gasteiger partial charge in [0.15, 0.2) is 0 Å². The Hall–Kier alpha value is -2.70. The molecule has 1 amide bonds. The maximum atomic E-state index is 12.3. The molecule has 6 heteroatoms. The molecular formula is C21H22N2O3S. The predicted octanol–water partition coefficient (Wildman–Crippen LogP) is 3.71. The number of nitrogens with one attached hydrogen (secondary N) is 2. The van der Waals surface area contributed by atoms with Gasteiger partial charge in [-0.3, -0.25) is 4.79 Å². The van der Waals surface area contributed by atoms with Crippen LogP contribution in [-0.2, 0) is 21.2 Å². The summed E-state index contributed by atoms with van der Waals surface area (Å²) in [5, 5.41) is 5.03. The quantitative estimate of drug-likeness (QED) is 0.682. The van der Waals surface area contributed by atoms with E-state index in [2.05, 4.69) is 10.0 Å². The second kappa shape index (κ2) is 7.90. The lowest BCUT2D eigenvalue weighted by molar-refractivity contribution is -0.115. The van der Waals surface area contributed by atoms with Crippen LogP contribution in [0.1, 0.15) is 19.4 Å². The van der Waals surface area contributed by atoms with Crippen LogP contribution in [0.3, 0.4) is 0 Å². The van der Waals surface area contributed by atoms with Crippen molar-refractivity contribution in [2.24, 2.45) is 0 Å². The highest BCUT2D eigenvalue weighted by atomic mass is 32.2. The molecule has 0 atom stereocenters. The van der Waals surface area contributed by atoms with E-state index in [9.17, 15) is 13.2 Å². The number of benzene rings is 3. The minimum Gasteiger partial charge on any atom is -0.326 e. The van der Waals surface area contributed by atoms with Crippen LogP contribution in [0.15, 0.2) is 71.6 Å². The molecule has 2 N–H and O–H groups in total. The van der Waals surface area contributed by atoms with Gasteiger partial charge in [0.25, 0.3) is 0 Å². The first-order valence-corrected chi connectivity index (χ1v) is 10.2. The van der Waals surface area contributed by atoms with Crippen molar-refractivity contribution in [3.63, 3.8) is 0 Å². The Morgan fingerprint density at radius 2 is 1.59 bits per heavy atom. The number of hydrogen-bond donors (Lipinski definition) is 2. The Morgan fingerprint density at radius 1 is 0.926 bits per heavy atom. The SMILES string of the molecule is CC(C)NS(=O)(=O)c1ccc(NC(=O)Cc2ccc3ccccc3c2)cc1. The van der Waals surface area contributed by atoms with Crippen molar-refractivity contribution in [2.75, 3.05) is 5.32 Å². The molecule has 0 saturated carbocycles. The number of amides is 1. The second-order valence-electron chi connectivity index (χ2n) is 6.71. The summed E-state index contributed by atoms with van der Waals surface area (Å²) in [6.45, 7) is 3.53. The van der Waals surface area contributed by atoms with Crippen molar-refractivity contribution in [1.29, 1.82) is 0 Å². The van der Waals surface area contributed by atoms with Gasteiger partial charge in [0.05, 0.1) is 11.3 Å². The number of fused-ring (bicyclic) bond motifs is 1. The van der Waals surface area contributed by atoms with E-state index in [0.717, 1.165) is 16.3 Å². The Bertz CT molecular complexity index is 1060. The third-order valence-corrected chi connectivity index (χ3v) is 5.69. The van der Waals surface area contributed by atoms with Crippen molar-refractivity contribution >= 4 is 32.4 Å². The fourth-order valence-electron chi connectivity index (χ4n) is 2.84. The summed E-state index contributed by atoms with van der Waals surface area (Å²) >= 11 is 0. The fraction of sp³-hybridized carbons (Fsp3) is 0.190. The van der Waals surface area contributed by atoms with E-state index in [1.54, 1.807) is 26.0 Å². The minimum absolute atomic E-state index is 0.152. The Morgan fingerprint density at radius 3 is 2.26 bits per heavy atom. The standard InChI is InChI=1S/C21H22N2O3S/c1-15(2)23-27(25,26)20-11-9-19(10-12-20)22-21(24)14-16-7-8-17-5-3-4-6-18(17)13-16/h3-13,15,23H,14H2,1-2H3,(H,22,24). The number of hydrogen-bond acceptors (Lipinski definition) is 3. The average molecular weight is 382 g/mol. The molecule has 27 heavy (non-hydrogen) atoms. The van der Waals surface area contributed by atoms with Crippen LogP contribution in [0.5, 0.6) is 0 Å². The molecule has 5 nitrogen and oxygen atoms in total. The monoisotopic (exact) mass is 382 g/mol. The molecule has 0 radical (unpaired) electrons. The molecule has 0 saturated heterocycles. The molecule has 140 valence electrons. The largest absolute Gasteiger partial charge is 0.326 e. The van der Waals surface area contributed by atoms with E-state index in [4.69, 9.17) is 0 Å². The van der Waals surface area contributed by atoms with E-state index >= 15 is 0 Å². The molecule has 0 bridgehead atoms. The molecule has 0 fully saturated rings. The first-order valence-electron chi connectivity index (χ1n) is 8.73. The van der Waals surface area contributed by atoms with Gasteiger partial charge >= 0.3 is 0 Å². The Kier molecular flexibility index (Phi) is 5.58. The smallest absolute Gasteiger partial charge is 0.240 e. The van der Waals surface area contributed by atoms with Crippen molar-refractivity contribution in [3.8, 4) is 0 Å². The van der Waals surface area contributed by atoms with Gasteiger partial charge in [-0.1, -0.05) is 42.5 Å². The molecular weight excluding hydrogens is 360 g/mol. The Balaban J connectivity index is 1.66. The first-order chi connectivity index (χ1) is 12.8. The van der Waals surface area contributed by atoms with Crippen LogP contribution >= 0.6 is 0 Å². The van der Waals surface area contributed by atoms with Crippen molar-refractivity contribution < 1.29 is 13.2 Å². The summed E-state index contributed by atoms with van der Waals surface area (Å²) in [7, 11) is -3.54. The van der Waals surface area contributed by atoms with Gasteiger partial charge in [-0.15, -0.1) is 0 Å². The molecule has 0 heterocycles. The normalized spacial score (nSPS) is 11.7. The zero-order valence-corrected chi connectivity index (χ0v) is 16.1. The van der Waals surface area contributed by atoms with Gasteiger partial charge < -0.3 is 5.32 Å². The van der Waals surface area contributed by atoms with Crippen LogP contribution in [0.4, 0.5) is 5.69 Å². The van der Waals surface area contributed by atoms with Crippen LogP contribution in [0, 0.1) is 0 Å². The summed E-state index contributed by atoms with van der Waals surface area (Å²) in [5.74, 6) is -0.152. The predicted molar refractivity (Wildman–Crippen MR) is 108 cm³/mol. The highest BCUT2D eigenvalue weighted by molar-refractivity contribution is 7.89. The summed E-state index contributed by atoms with van der Waals surface area (Å²) < 4.78 is 26.8. The summed E-state index contributed by atoms with van der Waals surface area (Å²) in [6, 6.07) is 19.9. The van der Waals surface area contributed by atoms with Gasteiger partial charge in [0, 0.05) is 11.7 Å². The molecule has 3 aromatic rings. The molecule has 0 aliphatic carbocycles. The highest BCUT2D eigenvalue weighted by Crippen LogP contribution is 2.17. The van der Waals surface area contributed by atoms with Gasteiger partial charge in [-0.25, -0.2) is 13.1 Å². The lowest BCUT2D eigenvalue weighted by atomic mass is 10.0. The van der Waals surface area contributed by atoms with E-state index in [1.807, 2.05) is 42.5 Å². The van der Waals surface area contributed by atoms with Crippen molar-refractivity contribution in [3.05, 3.63) is 72.3 Å². The van der Waals surface area contributed by atoms with E-state index in [-0.39, 0.29) is 23.3 Å². The molecule has 0 unspecified atom stereocenters. The first kappa shape index (κ1) is 19.1. The number of anilines is 1. The summed E-state index contributed by atoms with van der Waals surface area (Å²) in [6.07, 6.45) is 0.250. The third kappa shape index (κ3) is 4.93. The highest BCUT2D eigenvalue weighted by Gasteiger charge is 2.15. The Labute approximate surface area is 159 Å². The topological polar surface area (TPSA) is 75.3 Å². The van der Waals surface area contributed by atoms with Crippen LogP contribution in [-0.4, -0.2) is 20.4 Å². The van der Waals surface area contributed by atoms with Gasteiger partial charge in [-0.2, -0.15) is 0 Å². The number of rotatable bonds is 6. The number of sulfonamides is 1. The van der Waals surface area contributed by atoms with Crippen molar-refractivity contribution in [2.45, 2.75) is 31.2 Å². The van der Waals surface area contributed by atoms with Gasteiger partial charge in [0.1, 0.15) is 0 Å². The van der Waals surface area contributed by atoms with Crippen molar-refractivity contribution in [1.82, 2.24) is 4.72 Å². The number of carbonyl (C=O) groups is 1. The molecule has 0 aliphatic rings. The van der Waals surface area contributed by atoms with Crippen LogP contribution in [0.2, 0.25) is 0 Å². The molecule has 3 aromatic carbocycles. The summed E-state index contributed by atoms with van der Waals surface area (Å²) in [5.41, 5.74) is 1.48. The third-order valence-electron chi connectivity index (χ3n) is 4.02. The lowest BCUT2D eigenvalue weighted by Crippen LogP contribution is -2.30. The summed E-state index contributed by atoms with van der Waals surface area (Å²) in [4.78, 5) is 12.5. The maximum Gasteiger partial charge on any atom is 0.240 e.